The van der Waals surface area contributed by atoms with Crippen LogP contribution < -0.4 is 15.0 Å². The molecule has 2 heterocycles. The second kappa shape index (κ2) is 7.78. The molecule has 1 aromatic heterocycles. The zero-order valence-corrected chi connectivity index (χ0v) is 14.9. The molecule has 0 aliphatic carbocycles. The first-order chi connectivity index (χ1) is 12.1. The summed E-state index contributed by atoms with van der Waals surface area (Å²) in [5.41, 5.74) is 1.90. The van der Waals surface area contributed by atoms with Gasteiger partial charge in [0.2, 0.25) is 0 Å². The molecular formula is C18H22ClN3O3. The van der Waals surface area contributed by atoms with Gasteiger partial charge in [0.25, 0.3) is 0 Å². The molecule has 7 heteroatoms. The van der Waals surface area contributed by atoms with Gasteiger partial charge in [-0.2, -0.15) is 0 Å². The molecule has 0 radical (unpaired) electrons. The minimum absolute atomic E-state index is 0.510. The Labute approximate surface area is 151 Å². The summed E-state index contributed by atoms with van der Waals surface area (Å²) in [6, 6.07) is 5.82. The monoisotopic (exact) mass is 363 g/mol. The van der Waals surface area contributed by atoms with E-state index in [1.54, 1.807) is 13.3 Å². The van der Waals surface area contributed by atoms with E-state index in [0.29, 0.717) is 17.5 Å². The molecule has 6 nitrogen and oxygen atoms in total. The van der Waals surface area contributed by atoms with Crippen LogP contribution in [0.4, 0.5) is 10.5 Å². The fourth-order valence-corrected chi connectivity index (χ4v) is 3.68. The average molecular weight is 364 g/mol. The number of fused-ring (bicyclic) bond motifs is 1. The summed E-state index contributed by atoms with van der Waals surface area (Å²) in [5.74, 6) is 1.32. The molecule has 0 saturated carbocycles. The summed E-state index contributed by atoms with van der Waals surface area (Å²) in [6.45, 7) is 2.30. The third-order valence-corrected chi connectivity index (χ3v) is 5.04. The molecule has 1 fully saturated rings. The van der Waals surface area contributed by atoms with Crippen molar-refractivity contribution in [2.24, 2.45) is 5.92 Å². The van der Waals surface area contributed by atoms with E-state index in [2.05, 4.69) is 15.2 Å². The summed E-state index contributed by atoms with van der Waals surface area (Å²) in [4.78, 5) is 17.2. The predicted molar refractivity (Wildman–Crippen MR) is 98.9 cm³/mol. The van der Waals surface area contributed by atoms with Crippen LogP contribution in [0.3, 0.4) is 0 Å². The van der Waals surface area contributed by atoms with Crippen molar-refractivity contribution in [3.8, 4) is 5.75 Å². The van der Waals surface area contributed by atoms with Crippen LogP contribution >= 0.6 is 11.6 Å². The Morgan fingerprint density at radius 2 is 2.20 bits per heavy atom. The number of methoxy groups -OCH3 is 1. The Morgan fingerprint density at radius 1 is 1.44 bits per heavy atom. The number of ether oxygens (including phenoxy) is 1. The number of pyridine rings is 1. The first-order valence-electron chi connectivity index (χ1n) is 8.42. The second-order valence-electron chi connectivity index (χ2n) is 6.29. The molecule has 1 aliphatic heterocycles. The minimum atomic E-state index is -0.957. The maximum atomic E-state index is 10.5. The Balaban J connectivity index is 1.74. The van der Waals surface area contributed by atoms with Crippen LogP contribution in [0, 0.1) is 5.92 Å². The molecule has 2 aromatic rings. The standard InChI is InChI=1S/C18H22ClN3O3/c1-25-13-2-3-16-14(10-13)17(15(19)11-21-16)22-8-5-12(6-9-22)4-7-20-18(23)24/h2-3,10-12,20H,4-9H2,1H3,(H,23,24). The fraction of sp³-hybridized carbons (Fsp3) is 0.444. The number of halogens is 1. The smallest absolute Gasteiger partial charge is 0.404 e. The van der Waals surface area contributed by atoms with Crippen molar-refractivity contribution in [2.75, 3.05) is 31.6 Å². The molecule has 1 amide bonds. The number of piperidine rings is 1. The highest BCUT2D eigenvalue weighted by Crippen LogP contribution is 2.37. The van der Waals surface area contributed by atoms with Crippen molar-refractivity contribution in [1.29, 1.82) is 0 Å². The van der Waals surface area contributed by atoms with E-state index in [1.807, 2.05) is 18.2 Å². The minimum Gasteiger partial charge on any atom is -0.497 e. The number of nitrogens with zero attached hydrogens (tertiary/aromatic N) is 2. The second-order valence-corrected chi connectivity index (χ2v) is 6.70. The number of amides is 1. The van der Waals surface area contributed by atoms with E-state index in [4.69, 9.17) is 21.4 Å². The summed E-state index contributed by atoms with van der Waals surface area (Å²) >= 11 is 6.47. The molecule has 3 rings (SSSR count). The third kappa shape index (κ3) is 4.07. The Morgan fingerprint density at radius 3 is 2.88 bits per heavy atom. The van der Waals surface area contributed by atoms with E-state index in [0.717, 1.165) is 54.7 Å². The zero-order chi connectivity index (χ0) is 17.8. The van der Waals surface area contributed by atoms with E-state index in [1.165, 1.54) is 0 Å². The molecular weight excluding hydrogens is 342 g/mol. The van der Waals surface area contributed by atoms with E-state index >= 15 is 0 Å². The number of benzene rings is 1. The number of rotatable bonds is 5. The lowest BCUT2D eigenvalue weighted by atomic mass is 9.93. The Hall–Kier alpha value is -2.21. The molecule has 134 valence electrons. The number of hydrogen-bond acceptors (Lipinski definition) is 4. The number of nitrogens with one attached hydrogen (secondary N) is 1. The summed E-state index contributed by atoms with van der Waals surface area (Å²) in [6.07, 6.45) is 3.66. The fourth-order valence-electron chi connectivity index (χ4n) is 3.41. The number of carboxylic acid groups (broad SMARTS) is 1. The number of anilines is 1. The first-order valence-corrected chi connectivity index (χ1v) is 8.80. The molecule has 2 N–H and O–H groups in total. The lowest BCUT2D eigenvalue weighted by molar-refractivity contribution is 0.193. The van der Waals surface area contributed by atoms with Crippen LogP contribution in [0.1, 0.15) is 19.3 Å². The maximum absolute atomic E-state index is 10.5. The van der Waals surface area contributed by atoms with Crippen LogP contribution in [0.25, 0.3) is 10.9 Å². The van der Waals surface area contributed by atoms with Gasteiger partial charge in [-0.3, -0.25) is 4.98 Å². The van der Waals surface area contributed by atoms with Gasteiger partial charge in [-0.05, 0) is 43.4 Å². The van der Waals surface area contributed by atoms with Gasteiger partial charge in [-0.1, -0.05) is 11.6 Å². The van der Waals surface area contributed by atoms with Crippen LogP contribution in [0.15, 0.2) is 24.4 Å². The van der Waals surface area contributed by atoms with Crippen molar-refractivity contribution >= 4 is 34.3 Å². The van der Waals surface area contributed by atoms with E-state index < -0.39 is 6.09 Å². The molecule has 1 aromatic carbocycles. The molecule has 0 spiro atoms. The summed E-state index contributed by atoms with van der Waals surface area (Å²) < 4.78 is 5.34. The van der Waals surface area contributed by atoms with Crippen molar-refractivity contribution in [2.45, 2.75) is 19.3 Å². The van der Waals surface area contributed by atoms with Crippen molar-refractivity contribution in [3.05, 3.63) is 29.4 Å². The number of aromatic nitrogens is 1. The molecule has 25 heavy (non-hydrogen) atoms. The average Bonchev–Trinajstić information content (AvgIpc) is 2.61. The molecule has 0 bridgehead atoms. The van der Waals surface area contributed by atoms with Gasteiger partial charge >= 0.3 is 6.09 Å². The third-order valence-electron chi connectivity index (χ3n) is 4.76. The van der Waals surface area contributed by atoms with E-state index in [9.17, 15) is 4.79 Å². The predicted octanol–water partition coefficient (Wildman–Crippen LogP) is 3.77. The van der Waals surface area contributed by atoms with Crippen LogP contribution in [0.2, 0.25) is 5.02 Å². The highest BCUT2D eigenvalue weighted by Gasteiger charge is 2.23. The number of hydrogen-bond donors (Lipinski definition) is 2. The quantitative estimate of drug-likeness (QED) is 0.845. The van der Waals surface area contributed by atoms with Gasteiger partial charge in [-0.25, -0.2) is 4.79 Å². The number of carbonyl (C=O) groups is 1. The largest absolute Gasteiger partial charge is 0.497 e. The van der Waals surface area contributed by atoms with Gasteiger partial charge in [0, 0.05) is 31.2 Å². The van der Waals surface area contributed by atoms with Gasteiger partial charge < -0.3 is 20.1 Å². The lowest BCUT2D eigenvalue weighted by Gasteiger charge is -2.34. The SMILES string of the molecule is COc1ccc2ncc(Cl)c(N3CCC(CCNC(=O)O)CC3)c2c1. The zero-order valence-electron chi connectivity index (χ0n) is 14.2. The van der Waals surface area contributed by atoms with Crippen molar-refractivity contribution < 1.29 is 14.6 Å². The highest BCUT2D eigenvalue weighted by atomic mass is 35.5. The van der Waals surface area contributed by atoms with Crippen LogP contribution in [-0.4, -0.2) is 42.9 Å². The molecule has 0 atom stereocenters. The van der Waals surface area contributed by atoms with Crippen LogP contribution in [-0.2, 0) is 0 Å². The Bertz CT molecular complexity index is 761. The summed E-state index contributed by atoms with van der Waals surface area (Å²) in [7, 11) is 1.65. The van der Waals surface area contributed by atoms with Crippen LogP contribution in [0.5, 0.6) is 5.75 Å². The highest BCUT2D eigenvalue weighted by molar-refractivity contribution is 6.34. The van der Waals surface area contributed by atoms with Crippen molar-refractivity contribution in [1.82, 2.24) is 10.3 Å². The Kier molecular flexibility index (Phi) is 5.48. The summed E-state index contributed by atoms with van der Waals surface area (Å²) in [5, 5.41) is 12.7. The molecule has 0 unspecified atom stereocenters. The molecule has 1 saturated heterocycles. The van der Waals surface area contributed by atoms with Crippen molar-refractivity contribution in [3.63, 3.8) is 0 Å². The van der Waals surface area contributed by atoms with E-state index in [-0.39, 0.29) is 0 Å². The van der Waals surface area contributed by atoms with Gasteiger partial charge in [0.15, 0.2) is 0 Å². The topological polar surface area (TPSA) is 74.7 Å². The maximum Gasteiger partial charge on any atom is 0.404 e. The molecule has 1 aliphatic rings. The first kappa shape index (κ1) is 17.6. The lowest BCUT2D eigenvalue weighted by Crippen LogP contribution is -2.35. The van der Waals surface area contributed by atoms with Gasteiger partial charge in [-0.15, -0.1) is 0 Å². The normalized spacial score (nSPS) is 15.4. The van der Waals surface area contributed by atoms with Gasteiger partial charge in [0.05, 0.1) is 23.3 Å². The van der Waals surface area contributed by atoms with Gasteiger partial charge in [0.1, 0.15) is 5.75 Å².